The third-order valence-electron chi connectivity index (χ3n) is 4.48. The fourth-order valence-electron chi connectivity index (χ4n) is 2.82. The molecular weight excluding hydrogens is 306 g/mol. The molecule has 1 aromatic carbocycles. The Hall–Kier alpha value is -2.37. The van der Waals surface area contributed by atoms with Gasteiger partial charge in [0.25, 0.3) is 0 Å². The molecule has 6 heteroatoms. The predicted molar refractivity (Wildman–Crippen MR) is 91.6 cm³/mol. The maximum atomic E-state index is 12.2. The summed E-state index contributed by atoms with van der Waals surface area (Å²) in [6, 6.07) is 5.47. The molecule has 2 aliphatic rings. The molecule has 6 nitrogen and oxygen atoms in total. The number of carbonyl (C=O) groups excluding carboxylic acids is 3. The van der Waals surface area contributed by atoms with Gasteiger partial charge in [-0.25, -0.2) is 0 Å². The van der Waals surface area contributed by atoms with E-state index in [1.165, 1.54) is 0 Å². The van der Waals surface area contributed by atoms with Crippen LogP contribution in [0.5, 0.6) is 0 Å². The van der Waals surface area contributed by atoms with Gasteiger partial charge in [0.1, 0.15) is 0 Å². The SMILES string of the molecule is Cc1ccc(NC(=O)C2CC2)cc1NC(=O)CN1CCCCC1=O. The number of hydrogen-bond acceptors (Lipinski definition) is 3. The number of anilines is 2. The molecule has 1 aliphatic heterocycles. The summed E-state index contributed by atoms with van der Waals surface area (Å²) in [5.41, 5.74) is 2.26. The minimum absolute atomic E-state index is 0.0371. The van der Waals surface area contributed by atoms with E-state index < -0.39 is 0 Å². The molecule has 128 valence electrons. The Bertz CT molecular complexity index is 667. The fourth-order valence-corrected chi connectivity index (χ4v) is 2.82. The zero-order chi connectivity index (χ0) is 17.1. The molecule has 1 aromatic rings. The summed E-state index contributed by atoms with van der Waals surface area (Å²) < 4.78 is 0. The lowest BCUT2D eigenvalue weighted by molar-refractivity contribution is -0.136. The zero-order valence-electron chi connectivity index (χ0n) is 13.9. The van der Waals surface area contributed by atoms with E-state index in [2.05, 4.69) is 10.6 Å². The van der Waals surface area contributed by atoms with Crippen molar-refractivity contribution >= 4 is 29.1 Å². The summed E-state index contributed by atoms with van der Waals surface area (Å²) in [5, 5.41) is 5.73. The number of likely N-dealkylation sites (tertiary alicyclic amines) is 1. The van der Waals surface area contributed by atoms with E-state index in [4.69, 9.17) is 0 Å². The van der Waals surface area contributed by atoms with Crippen LogP contribution in [0.4, 0.5) is 11.4 Å². The van der Waals surface area contributed by atoms with Crippen LogP contribution in [0.25, 0.3) is 0 Å². The molecule has 3 rings (SSSR count). The molecule has 3 amide bonds. The highest BCUT2D eigenvalue weighted by atomic mass is 16.2. The summed E-state index contributed by atoms with van der Waals surface area (Å²) in [4.78, 5) is 37.5. The topological polar surface area (TPSA) is 78.5 Å². The third-order valence-corrected chi connectivity index (χ3v) is 4.48. The summed E-state index contributed by atoms with van der Waals surface area (Å²) in [7, 11) is 0. The largest absolute Gasteiger partial charge is 0.333 e. The average Bonchev–Trinajstić information content (AvgIpc) is 3.38. The Balaban J connectivity index is 1.61. The number of amides is 3. The Labute approximate surface area is 141 Å². The molecule has 0 atom stereocenters. The monoisotopic (exact) mass is 329 g/mol. The minimum Gasteiger partial charge on any atom is -0.333 e. The van der Waals surface area contributed by atoms with E-state index in [0.717, 1.165) is 31.2 Å². The van der Waals surface area contributed by atoms with Crippen LogP contribution in [0.15, 0.2) is 18.2 Å². The first-order valence-corrected chi connectivity index (χ1v) is 8.52. The van der Waals surface area contributed by atoms with Gasteiger partial charge in [-0.15, -0.1) is 0 Å². The van der Waals surface area contributed by atoms with Crippen molar-refractivity contribution in [3.63, 3.8) is 0 Å². The molecule has 24 heavy (non-hydrogen) atoms. The first-order valence-electron chi connectivity index (χ1n) is 8.52. The highest BCUT2D eigenvalue weighted by Gasteiger charge is 2.29. The Morgan fingerprint density at radius 3 is 2.71 bits per heavy atom. The smallest absolute Gasteiger partial charge is 0.244 e. The first-order chi connectivity index (χ1) is 11.5. The summed E-state index contributed by atoms with van der Waals surface area (Å²) in [6.45, 7) is 2.62. The second-order valence-electron chi connectivity index (χ2n) is 6.61. The summed E-state index contributed by atoms with van der Waals surface area (Å²) in [5.74, 6) is 0.00194. The molecule has 0 aromatic heterocycles. The van der Waals surface area contributed by atoms with E-state index in [9.17, 15) is 14.4 Å². The van der Waals surface area contributed by atoms with Crippen molar-refractivity contribution in [2.24, 2.45) is 5.92 Å². The number of nitrogens with one attached hydrogen (secondary N) is 2. The molecule has 2 N–H and O–H groups in total. The first kappa shape index (κ1) is 16.5. The molecule has 1 heterocycles. The van der Waals surface area contributed by atoms with Crippen LogP contribution in [0.2, 0.25) is 0 Å². The van der Waals surface area contributed by atoms with Gasteiger partial charge < -0.3 is 15.5 Å². The number of piperidine rings is 1. The molecule has 0 radical (unpaired) electrons. The van der Waals surface area contributed by atoms with E-state index >= 15 is 0 Å². The van der Waals surface area contributed by atoms with E-state index in [1.54, 1.807) is 11.0 Å². The number of benzene rings is 1. The van der Waals surface area contributed by atoms with Crippen molar-refractivity contribution in [3.05, 3.63) is 23.8 Å². The van der Waals surface area contributed by atoms with Crippen molar-refractivity contribution in [1.29, 1.82) is 0 Å². The molecule has 0 unspecified atom stereocenters. The fraction of sp³-hybridized carbons (Fsp3) is 0.500. The van der Waals surface area contributed by atoms with Gasteiger partial charge >= 0.3 is 0 Å². The summed E-state index contributed by atoms with van der Waals surface area (Å²) >= 11 is 0. The van der Waals surface area contributed by atoms with Gasteiger partial charge in [0, 0.05) is 30.3 Å². The van der Waals surface area contributed by atoms with Crippen molar-refractivity contribution in [2.75, 3.05) is 23.7 Å². The quantitative estimate of drug-likeness (QED) is 0.870. The minimum atomic E-state index is -0.209. The Morgan fingerprint density at radius 2 is 2.00 bits per heavy atom. The highest BCUT2D eigenvalue weighted by molar-refractivity contribution is 5.97. The lowest BCUT2D eigenvalue weighted by Gasteiger charge is -2.26. The number of carbonyl (C=O) groups is 3. The number of nitrogens with zero attached hydrogens (tertiary/aromatic N) is 1. The molecule has 1 aliphatic carbocycles. The molecule has 1 saturated heterocycles. The average molecular weight is 329 g/mol. The van der Waals surface area contributed by atoms with E-state index in [0.29, 0.717) is 24.3 Å². The normalized spacial score (nSPS) is 17.5. The number of aryl methyl sites for hydroxylation is 1. The second-order valence-corrected chi connectivity index (χ2v) is 6.61. The van der Waals surface area contributed by atoms with E-state index in [1.807, 2.05) is 19.1 Å². The van der Waals surface area contributed by atoms with Crippen LogP contribution in [0.3, 0.4) is 0 Å². The van der Waals surface area contributed by atoms with E-state index in [-0.39, 0.29) is 30.2 Å². The highest BCUT2D eigenvalue weighted by Crippen LogP contribution is 2.30. The van der Waals surface area contributed by atoms with Gasteiger partial charge in [-0.3, -0.25) is 14.4 Å². The maximum absolute atomic E-state index is 12.2. The molecule has 2 fully saturated rings. The summed E-state index contributed by atoms with van der Waals surface area (Å²) in [6.07, 6.45) is 4.27. The van der Waals surface area contributed by atoms with Gasteiger partial charge in [0.15, 0.2) is 0 Å². The van der Waals surface area contributed by atoms with Gasteiger partial charge in [-0.05, 0) is 50.3 Å². The molecule has 0 spiro atoms. The van der Waals surface area contributed by atoms with Crippen LogP contribution in [-0.2, 0) is 14.4 Å². The van der Waals surface area contributed by atoms with Gasteiger partial charge in [0.2, 0.25) is 17.7 Å². The van der Waals surface area contributed by atoms with Gasteiger partial charge in [-0.2, -0.15) is 0 Å². The predicted octanol–water partition coefficient (Wildman–Crippen LogP) is 2.29. The standard InChI is InChI=1S/C18H23N3O3/c1-12-5-8-14(19-18(24)13-6-7-13)10-15(12)20-16(22)11-21-9-3-2-4-17(21)23/h5,8,10,13H,2-4,6-7,9,11H2,1H3,(H,19,24)(H,20,22). The van der Waals surface area contributed by atoms with Gasteiger partial charge in [-0.1, -0.05) is 6.07 Å². The van der Waals surface area contributed by atoms with Crippen molar-refractivity contribution in [2.45, 2.75) is 39.0 Å². The van der Waals surface area contributed by atoms with Crippen LogP contribution in [0.1, 0.15) is 37.7 Å². The molecule has 0 bridgehead atoms. The lowest BCUT2D eigenvalue weighted by atomic mass is 10.1. The zero-order valence-corrected chi connectivity index (χ0v) is 13.9. The van der Waals surface area contributed by atoms with Gasteiger partial charge in [0.05, 0.1) is 6.54 Å². The van der Waals surface area contributed by atoms with Crippen LogP contribution >= 0.6 is 0 Å². The number of hydrogen-bond donors (Lipinski definition) is 2. The number of rotatable bonds is 5. The van der Waals surface area contributed by atoms with Crippen molar-refractivity contribution in [3.8, 4) is 0 Å². The maximum Gasteiger partial charge on any atom is 0.244 e. The second kappa shape index (κ2) is 7.03. The van der Waals surface area contributed by atoms with Crippen LogP contribution in [0, 0.1) is 12.8 Å². The Morgan fingerprint density at radius 1 is 1.21 bits per heavy atom. The lowest BCUT2D eigenvalue weighted by Crippen LogP contribution is -2.40. The molecular formula is C18H23N3O3. The van der Waals surface area contributed by atoms with Crippen LogP contribution < -0.4 is 10.6 Å². The third kappa shape index (κ3) is 4.13. The van der Waals surface area contributed by atoms with Crippen molar-refractivity contribution in [1.82, 2.24) is 4.90 Å². The Kier molecular flexibility index (Phi) is 4.83. The van der Waals surface area contributed by atoms with Crippen molar-refractivity contribution < 1.29 is 14.4 Å². The molecule has 1 saturated carbocycles. The van der Waals surface area contributed by atoms with Crippen LogP contribution in [-0.4, -0.2) is 35.7 Å².